The van der Waals surface area contributed by atoms with Crippen LogP contribution in [0.15, 0.2) is 68.8 Å². The van der Waals surface area contributed by atoms with Gasteiger partial charge in [0.2, 0.25) is 5.95 Å². The minimum atomic E-state index is -3.86. The van der Waals surface area contributed by atoms with Gasteiger partial charge in [-0.3, -0.25) is 5.43 Å². The van der Waals surface area contributed by atoms with Crippen LogP contribution in [0.5, 0.6) is 5.75 Å². The first-order chi connectivity index (χ1) is 16.2. The van der Waals surface area contributed by atoms with Gasteiger partial charge in [0.05, 0.1) is 22.5 Å². The molecular formula is C21H21N7O3S3. The van der Waals surface area contributed by atoms with Gasteiger partial charge in [0, 0.05) is 17.0 Å². The molecule has 1 heterocycles. The third-order valence-corrected chi connectivity index (χ3v) is 6.59. The fourth-order valence-corrected chi connectivity index (χ4v) is 3.81. The van der Waals surface area contributed by atoms with E-state index in [1.807, 2.05) is 6.26 Å². The van der Waals surface area contributed by atoms with E-state index >= 15 is 0 Å². The van der Waals surface area contributed by atoms with Crippen molar-refractivity contribution >= 4 is 61.9 Å². The maximum absolute atomic E-state index is 12.6. The molecule has 0 aliphatic carbocycles. The molecule has 0 atom stereocenters. The van der Waals surface area contributed by atoms with Gasteiger partial charge < -0.3 is 5.11 Å². The van der Waals surface area contributed by atoms with Crippen LogP contribution in [-0.4, -0.2) is 40.3 Å². The van der Waals surface area contributed by atoms with Crippen LogP contribution >= 0.6 is 24.0 Å². The molecule has 0 spiro atoms. The summed E-state index contributed by atoms with van der Waals surface area (Å²) in [7, 11) is -3.86. The van der Waals surface area contributed by atoms with Crippen LogP contribution in [0.1, 0.15) is 17.0 Å². The highest BCUT2D eigenvalue weighted by atomic mass is 32.2. The largest absolute Gasteiger partial charge is 0.507 e. The van der Waals surface area contributed by atoms with Gasteiger partial charge in [-0.15, -0.1) is 0 Å². The third-order valence-electron chi connectivity index (χ3n) is 4.19. The number of azo groups is 1. The highest BCUT2D eigenvalue weighted by Crippen LogP contribution is 2.25. The van der Waals surface area contributed by atoms with E-state index in [2.05, 4.69) is 35.4 Å². The Balaban J connectivity index is 1.72. The number of phenols is 1. The number of hydrogen-bond donors (Lipinski definition) is 3. The van der Waals surface area contributed by atoms with E-state index in [1.54, 1.807) is 32.0 Å². The van der Waals surface area contributed by atoms with Gasteiger partial charge in [0.25, 0.3) is 10.0 Å². The molecule has 13 heteroatoms. The maximum atomic E-state index is 12.6. The zero-order valence-corrected chi connectivity index (χ0v) is 20.9. The Bertz CT molecular complexity index is 1340. The summed E-state index contributed by atoms with van der Waals surface area (Å²) in [4.78, 5) is 8.23. The molecule has 3 N–H and O–H groups in total. The van der Waals surface area contributed by atoms with Crippen molar-refractivity contribution < 1.29 is 13.5 Å². The third kappa shape index (κ3) is 7.04. The topological polar surface area (TPSA) is 141 Å². The number of phenolic OH excluding ortho intramolecular Hbond substituents is 1. The first kappa shape index (κ1) is 25.2. The summed E-state index contributed by atoms with van der Waals surface area (Å²) in [6, 6.07) is 12.3. The Morgan fingerprint density at radius 2 is 1.65 bits per heavy atom. The number of thioether (sulfide) groups is 1. The van der Waals surface area contributed by atoms with Crippen LogP contribution in [-0.2, 0) is 10.0 Å². The summed E-state index contributed by atoms with van der Waals surface area (Å²) in [6.45, 7) is 3.52. The Labute approximate surface area is 206 Å². The van der Waals surface area contributed by atoms with Crippen molar-refractivity contribution in [3.63, 3.8) is 0 Å². The van der Waals surface area contributed by atoms with Gasteiger partial charge >= 0.3 is 0 Å². The highest BCUT2D eigenvalue weighted by molar-refractivity contribution is 8.22. The van der Waals surface area contributed by atoms with Gasteiger partial charge in [0.15, 0.2) is 4.32 Å². The van der Waals surface area contributed by atoms with Crippen LogP contribution in [0.2, 0.25) is 0 Å². The van der Waals surface area contributed by atoms with Gasteiger partial charge in [-0.2, -0.15) is 15.3 Å². The number of hydrazone groups is 1. The molecule has 0 aliphatic rings. The Morgan fingerprint density at radius 3 is 2.29 bits per heavy atom. The molecule has 0 fully saturated rings. The summed E-state index contributed by atoms with van der Waals surface area (Å²) in [5.74, 6) is 0.0350. The molecular weight excluding hydrogens is 494 g/mol. The van der Waals surface area contributed by atoms with Gasteiger partial charge in [0.1, 0.15) is 5.75 Å². The summed E-state index contributed by atoms with van der Waals surface area (Å²) in [6.07, 6.45) is 3.24. The smallest absolute Gasteiger partial charge is 0.264 e. The van der Waals surface area contributed by atoms with E-state index in [9.17, 15) is 13.5 Å². The number of nitrogens with zero attached hydrogens (tertiary/aromatic N) is 5. The molecule has 0 saturated heterocycles. The number of aryl methyl sites for hydroxylation is 2. The monoisotopic (exact) mass is 515 g/mol. The van der Waals surface area contributed by atoms with Crippen molar-refractivity contribution in [3.8, 4) is 5.75 Å². The Morgan fingerprint density at radius 1 is 1.03 bits per heavy atom. The van der Waals surface area contributed by atoms with E-state index in [0.717, 1.165) is 0 Å². The molecule has 0 unspecified atom stereocenters. The maximum Gasteiger partial charge on any atom is 0.264 e. The predicted octanol–water partition coefficient (Wildman–Crippen LogP) is 4.59. The lowest BCUT2D eigenvalue weighted by molar-refractivity contribution is 0.474. The number of benzene rings is 2. The molecule has 34 heavy (non-hydrogen) atoms. The number of anilines is 1. The summed E-state index contributed by atoms with van der Waals surface area (Å²) in [5, 5.41) is 22.2. The normalized spacial score (nSPS) is 11.7. The first-order valence-corrected chi connectivity index (χ1v) is 12.8. The van der Waals surface area contributed by atoms with Crippen LogP contribution in [0.4, 0.5) is 17.3 Å². The average molecular weight is 516 g/mol. The van der Waals surface area contributed by atoms with E-state index in [4.69, 9.17) is 12.2 Å². The molecule has 176 valence electrons. The van der Waals surface area contributed by atoms with E-state index in [0.29, 0.717) is 32.6 Å². The molecule has 2 aromatic carbocycles. The van der Waals surface area contributed by atoms with E-state index < -0.39 is 10.0 Å². The van der Waals surface area contributed by atoms with Crippen LogP contribution in [0, 0.1) is 13.8 Å². The van der Waals surface area contributed by atoms with Crippen molar-refractivity contribution in [1.82, 2.24) is 15.4 Å². The molecule has 1 aromatic heterocycles. The lowest BCUT2D eigenvalue weighted by Crippen LogP contribution is -2.15. The quantitative estimate of drug-likeness (QED) is 0.180. The fourth-order valence-electron chi connectivity index (χ4n) is 2.67. The second kappa shape index (κ2) is 11.1. The van der Waals surface area contributed by atoms with Crippen molar-refractivity contribution in [2.75, 3.05) is 11.0 Å². The molecule has 0 bridgehead atoms. The van der Waals surface area contributed by atoms with Crippen molar-refractivity contribution in [3.05, 3.63) is 65.5 Å². The number of aromatic nitrogens is 2. The lowest BCUT2D eigenvalue weighted by Gasteiger charge is -2.08. The minimum Gasteiger partial charge on any atom is -0.507 e. The second-order valence-electron chi connectivity index (χ2n) is 6.88. The molecule has 0 amide bonds. The second-order valence-corrected chi connectivity index (χ2v) is 10.0. The predicted molar refractivity (Wildman–Crippen MR) is 138 cm³/mol. The number of aromatic hydroxyl groups is 1. The van der Waals surface area contributed by atoms with Crippen molar-refractivity contribution in [1.29, 1.82) is 0 Å². The van der Waals surface area contributed by atoms with Crippen LogP contribution in [0.25, 0.3) is 0 Å². The lowest BCUT2D eigenvalue weighted by atomic mass is 10.2. The summed E-state index contributed by atoms with van der Waals surface area (Å²) < 4.78 is 28.1. The zero-order valence-electron chi connectivity index (χ0n) is 18.4. The Hall–Kier alpha value is -3.42. The SMILES string of the molecule is CSC(=S)N/N=C/c1cc(N=Nc2ccc(S(=O)(=O)Nc3nc(C)cc(C)n3)cc2)ccc1O. The number of thiocarbonyl (C=S) groups is 1. The van der Waals surface area contributed by atoms with Gasteiger partial charge in [-0.1, -0.05) is 24.0 Å². The first-order valence-electron chi connectivity index (χ1n) is 9.73. The molecule has 3 aromatic rings. The zero-order chi connectivity index (χ0) is 24.7. The van der Waals surface area contributed by atoms with Crippen molar-refractivity contribution in [2.45, 2.75) is 18.7 Å². The molecule has 10 nitrogen and oxygen atoms in total. The number of rotatable bonds is 7. The van der Waals surface area contributed by atoms with Gasteiger partial charge in [-0.05, 0) is 68.6 Å². The number of hydrogen-bond acceptors (Lipinski definition) is 10. The van der Waals surface area contributed by atoms with E-state index in [-0.39, 0.29) is 16.6 Å². The number of nitrogens with one attached hydrogen (secondary N) is 2. The van der Waals surface area contributed by atoms with Crippen LogP contribution in [0.3, 0.4) is 0 Å². The molecule has 0 radical (unpaired) electrons. The molecule has 3 rings (SSSR count). The summed E-state index contributed by atoms with van der Waals surface area (Å²) >= 11 is 6.33. The van der Waals surface area contributed by atoms with Crippen molar-refractivity contribution in [2.24, 2.45) is 15.3 Å². The summed E-state index contributed by atoms with van der Waals surface area (Å²) in [5.41, 5.74) is 5.31. The van der Waals surface area contributed by atoms with Crippen LogP contribution < -0.4 is 10.1 Å². The molecule has 0 aliphatic heterocycles. The highest BCUT2D eigenvalue weighted by Gasteiger charge is 2.16. The standard InChI is InChI=1S/C21H21N7O3S3/c1-13-10-14(2)24-20(23-13)28-34(30,31)18-7-4-16(5-8-18)25-26-17-6-9-19(29)15(11-17)12-22-27-21(32)33-3/h4-12,29H,1-3H3,(H,27,32)(H,23,24,28)/b22-12+,26-25?. The number of sulfonamides is 1. The van der Waals surface area contributed by atoms with E-state index in [1.165, 1.54) is 48.3 Å². The molecule has 0 saturated carbocycles. The average Bonchev–Trinajstić information content (AvgIpc) is 2.78. The van der Waals surface area contributed by atoms with Gasteiger partial charge in [-0.25, -0.2) is 23.1 Å². The fraction of sp³-hybridized carbons (Fsp3) is 0.143. The Kier molecular flexibility index (Phi) is 8.26. The minimum absolute atomic E-state index is 0.0124.